The van der Waals surface area contributed by atoms with Gasteiger partial charge in [0.25, 0.3) is 5.91 Å². The molecule has 0 spiro atoms. The van der Waals surface area contributed by atoms with E-state index in [0.29, 0.717) is 19.0 Å². The van der Waals surface area contributed by atoms with Gasteiger partial charge in [-0.1, -0.05) is 6.07 Å². The summed E-state index contributed by atoms with van der Waals surface area (Å²) in [7, 11) is 0. The second-order valence-electron chi connectivity index (χ2n) is 8.64. The van der Waals surface area contributed by atoms with Crippen LogP contribution < -0.4 is 5.32 Å². The summed E-state index contributed by atoms with van der Waals surface area (Å²) in [5.41, 5.74) is 0.284. The maximum absolute atomic E-state index is 13.3. The highest BCUT2D eigenvalue weighted by Gasteiger charge is 2.31. The van der Waals surface area contributed by atoms with E-state index >= 15 is 0 Å². The van der Waals surface area contributed by atoms with Gasteiger partial charge in [0.2, 0.25) is 5.91 Å². The Hall–Kier alpha value is -1.99. The number of carbonyl (C=O) groups is 2. The van der Waals surface area contributed by atoms with Crippen LogP contribution in [0.15, 0.2) is 24.3 Å². The van der Waals surface area contributed by atoms with E-state index in [1.54, 1.807) is 6.07 Å². The first-order chi connectivity index (χ1) is 14.1. The third kappa shape index (κ3) is 5.76. The third-order valence-electron chi connectivity index (χ3n) is 6.20. The minimum absolute atomic E-state index is 0.0260. The van der Waals surface area contributed by atoms with Crippen molar-refractivity contribution in [3.63, 3.8) is 0 Å². The summed E-state index contributed by atoms with van der Waals surface area (Å²) in [5.74, 6) is 0.718. The minimum atomic E-state index is -0.438. The van der Waals surface area contributed by atoms with E-state index in [0.717, 1.165) is 38.4 Å². The molecule has 0 aromatic heterocycles. The summed E-state index contributed by atoms with van der Waals surface area (Å²) in [6, 6.07) is 5.60. The van der Waals surface area contributed by atoms with Crippen LogP contribution in [0.4, 0.5) is 4.39 Å². The average Bonchev–Trinajstić information content (AvgIpc) is 3.54. The zero-order chi connectivity index (χ0) is 20.2. The van der Waals surface area contributed by atoms with Crippen LogP contribution in [0.5, 0.6) is 0 Å². The first kappa shape index (κ1) is 20.3. The molecule has 4 rings (SSSR count). The van der Waals surface area contributed by atoms with E-state index in [1.165, 1.54) is 37.6 Å². The van der Waals surface area contributed by atoms with Gasteiger partial charge in [0.15, 0.2) is 0 Å². The monoisotopic (exact) mass is 403 g/mol. The highest BCUT2D eigenvalue weighted by Crippen LogP contribution is 2.31. The second kappa shape index (κ2) is 9.22. The molecule has 6 nitrogen and oxygen atoms in total. The molecule has 1 atom stereocenters. The summed E-state index contributed by atoms with van der Waals surface area (Å²) < 4.78 is 18.9. The lowest BCUT2D eigenvalue weighted by Crippen LogP contribution is -2.52. The van der Waals surface area contributed by atoms with Crippen LogP contribution in [-0.4, -0.2) is 73.6 Å². The number of rotatable bonds is 7. The molecule has 2 amide bonds. The molecule has 1 aromatic rings. The highest BCUT2D eigenvalue weighted by atomic mass is 19.1. The van der Waals surface area contributed by atoms with Gasteiger partial charge in [-0.3, -0.25) is 9.59 Å². The molecule has 0 bridgehead atoms. The van der Waals surface area contributed by atoms with Crippen molar-refractivity contribution < 1.29 is 18.7 Å². The molecule has 0 unspecified atom stereocenters. The molecular weight excluding hydrogens is 373 g/mol. The molecule has 1 aromatic carbocycles. The number of likely N-dealkylation sites (tertiary alicyclic amines) is 1. The van der Waals surface area contributed by atoms with E-state index in [4.69, 9.17) is 4.74 Å². The lowest BCUT2D eigenvalue weighted by atomic mass is 9.95. The number of halogens is 1. The van der Waals surface area contributed by atoms with Crippen molar-refractivity contribution >= 4 is 11.8 Å². The Morgan fingerprint density at radius 3 is 2.62 bits per heavy atom. The molecule has 3 fully saturated rings. The topological polar surface area (TPSA) is 61.9 Å². The number of nitrogens with one attached hydrogen (secondary N) is 1. The van der Waals surface area contributed by atoms with E-state index in [2.05, 4.69) is 10.2 Å². The quantitative estimate of drug-likeness (QED) is 0.756. The molecule has 0 radical (unpaired) electrons. The van der Waals surface area contributed by atoms with E-state index in [1.807, 2.05) is 4.90 Å². The lowest BCUT2D eigenvalue weighted by Gasteiger charge is -2.38. The fourth-order valence-electron chi connectivity index (χ4n) is 4.25. The highest BCUT2D eigenvalue weighted by molar-refractivity contribution is 5.94. The lowest BCUT2D eigenvalue weighted by molar-refractivity contribution is -0.149. The molecule has 2 aliphatic heterocycles. The number of hydrogen-bond donors (Lipinski definition) is 1. The van der Waals surface area contributed by atoms with Gasteiger partial charge in [-0.05, 0) is 68.8 Å². The maximum Gasteiger partial charge on any atom is 0.251 e. The number of amides is 2. The third-order valence-corrected chi connectivity index (χ3v) is 6.20. The summed E-state index contributed by atoms with van der Waals surface area (Å²) in [6.07, 6.45) is 4.81. The fourth-order valence-corrected chi connectivity index (χ4v) is 4.25. The molecule has 1 saturated carbocycles. The first-order valence-electron chi connectivity index (χ1n) is 10.7. The smallest absolute Gasteiger partial charge is 0.251 e. The fraction of sp³-hybridized carbons (Fsp3) is 0.636. The molecule has 1 aliphatic carbocycles. The average molecular weight is 403 g/mol. The molecule has 29 heavy (non-hydrogen) atoms. The summed E-state index contributed by atoms with van der Waals surface area (Å²) in [5, 5.41) is 2.79. The molecular formula is C22H30FN3O3. The largest absolute Gasteiger partial charge is 0.365 e. The van der Waals surface area contributed by atoms with Gasteiger partial charge in [-0.2, -0.15) is 0 Å². The van der Waals surface area contributed by atoms with Crippen LogP contribution >= 0.6 is 0 Å². The standard InChI is InChI=1S/C22H30FN3O3/c23-19-3-1-2-18(10-19)22(28)24-11-20-14-26(21(27)15-29-20)13-17-6-8-25(9-7-17)12-16-4-5-16/h1-3,10,16-17,20H,4-9,11-15H2,(H,24,28)/t20-/m0/s1. The van der Waals surface area contributed by atoms with E-state index in [9.17, 15) is 14.0 Å². The first-order valence-corrected chi connectivity index (χ1v) is 10.7. The molecule has 7 heteroatoms. The Balaban J connectivity index is 1.21. The Morgan fingerprint density at radius 1 is 1.14 bits per heavy atom. The van der Waals surface area contributed by atoms with Crippen LogP contribution in [0.25, 0.3) is 0 Å². The predicted octanol–water partition coefficient (Wildman–Crippen LogP) is 1.90. The van der Waals surface area contributed by atoms with Gasteiger partial charge in [0.1, 0.15) is 12.4 Å². The van der Waals surface area contributed by atoms with Gasteiger partial charge < -0.3 is 19.9 Å². The number of nitrogens with zero attached hydrogens (tertiary/aromatic N) is 2. The van der Waals surface area contributed by atoms with Crippen molar-refractivity contribution in [3.8, 4) is 0 Å². The predicted molar refractivity (Wildman–Crippen MR) is 107 cm³/mol. The summed E-state index contributed by atoms with van der Waals surface area (Å²) in [4.78, 5) is 28.9. The van der Waals surface area contributed by atoms with Crippen molar-refractivity contribution in [2.75, 3.05) is 45.9 Å². The summed E-state index contributed by atoms with van der Waals surface area (Å²) >= 11 is 0. The number of morpholine rings is 1. The van der Waals surface area contributed by atoms with Crippen LogP contribution in [0, 0.1) is 17.7 Å². The van der Waals surface area contributed by atoms with Crippen LogP contribution in [-0.2, 0) is 9.53 Å². The SMILES string of the molecule is O=C(NC[C@H]1CN(CC2CCN(CC3CC3)CC2)C(=O)CO1)c1cccc(F)c1. The van der Waals surface area contributed by atoms with Crippen LogP contribution in [0.1, 0.15) is 36.0 Å². The zero-order valence-electron chi connectivity index (χ0n) is 16.8. The van der Waals surface area contributed by atoms with Gasteiger partial charge in [-0.15, -0.1) is 0 Å². The normalized spacial score (nSPS) is 24.0. The Kier molecular flexibility index (Phi) is 6.45. The number of benzene rings is 1. The minimum Gasteiger partial charge on any atom is -0.365 e. The van der Waals surface area contributed by atoms with E-state index in [-0.39, 0.29) is 30.1 Å². The second-order valence-corrected chi connectivity index (χ2v) is 8.64. The molecule has 158 valence electrons. The number of ether oxygens (including phenoxy) is 1. The zero-order valence-corrected chi connectivity index (χ0v) is 16.8. The number of hydrogen-bond acceptors (Lipinski definition) is 4. The molecule has 2 saturated heterocycles. The Labute approximate surface area is 171 Å². The van der Waals surface area contributed by atoms with Crippen molar-refractivity contribution in [3.05, 3.63) is 35.6 Å². The van der Waals surface area contributed by atoms with Crippen molar-refractivity contribution in [2.24, 2.45) is 11.8 Å². The molecule has 2 heterocycles. The maximum atomic E-state index is 13.3. The number of carbonyl (C=O) groups excluding carboxylic acids is 2. The molecule has 1 N–H and O–H groups in total. The van der Waals surface area contributed by atoms with Crippen LogP contribution in [0.3, 0.4) is 0 Å². The van der Waals surface area contributed by atoms with Crippen molar-refractivity contribution in [1.82, 2.24) is 15.1 Å². The van der Waals surface area contributed by atoms with Crippen molar-refractivity contribution in [2.45, 2.75) is 31.8 Å². The summed E-state index contributed by atoms with van der Waals surface area (Å²) in [6.45, 7) is 5.13. The van der Waals surface area contributed by atoms with E-state index < -0.39 is 5.82 Å². The van der Waals surface area contributed by atoms with Crippen molar-refractivity contribution in [1.29, 1.82) is 0 Å². The van der Waals surface area contributed by atoms with Crippen LogP contribution in [0.2, 0.25) is 0 Å². The number of piperidine rings is 1. The van der Waals surface area contributed by atoms with Gasteiger partial charge in [-0.25, -0.2) is 4.39 Å². The van der Waals surface area contributed by atoms with Gasteiger partial charge >= 0.3 is 0 Å². The Morgan fingerprint density at radius 2 is 1.90 bits per heavy atom. The molecule has 3 aliphatic rings. The Bertz CT molecular complexity index is 732. The van der Waals surface area contributed by atoms with Gasteiger partial charge in [0.05, 0.1) is 6.10 Å². The van der Waals surface area contributed by atoms with Gasteiger partial charge in [0, 0.05) is 31.7 Å².